The number of halogens is 2. The van der Waals surface area contributed by atoms with E-state index in [1.54, 1.807) is 0 Å². The van der Waals surface area contributed by atoms with Crippen LogP contribution >= 0.6 is 31.9 Å². The predicted molar refractivity (Wildman–Crippen MR) is 85.9 cm³/mol. The van der Waals surface area contributed by atoms with Gasteiger partial charge in [0.05, 0.1) is 0 Å². The van der Waals surface area contributed by atoms with Crippen molar-refractivity contribution in [2.75, 3.05) is 27.2 Å². The van der Waals surface area contributed by atoms with E-state index in [0.29, 0.717) is 0 Å². The van der Waals surface area contributed by atoms with E-state index in [4.69, 9.17) is 0 Å². The van der Waals surface area contributed by atoms with Crippen molar-refractivity contribution < 1.29 is 0 Å². The summed E-state index contributed by atoms with van der Waals surface area (Å²) in [5.41, 5.74) is 1.58. The van der Waals surface area contributed by atoms with Crippen LogP contribution in [0, 0.1) is 5.41 Å². The second-order valence-corrected chi connectivity index (χ2v) is 7.46. The molecule has 0 amide bonds. The highest BCUT2D eigenvalue weighted by atomic mass is 79.9. The van der Waals surface area contributed by atoms with Gasteiger partial charge in [0.1, 0.15) is 0 Å². The first-order valence-electron chi connectivity index (χ1n) is 6.09. The summed E-state index contributed by atoms with van der Waals surface area (Å²) in [6, 6.07) is 6.36. The van der Waals surface area contributed by atoms with Crippen molar-refractivity contribution in [3.63, 3.8) is 0 Å². The number of hydrogen-bond acceptors (Lipinski definition) is 2. The van der Waals surface area contributed by atoms with Crippen molar-refractivity contribution in [3.8, 4) is 0 Å². The molecule has 0 aliphatic rings. The first kappa shape index (κ1) is 16.2. The third-order valence-corrected chi connectivity index (χ3v) is 4.54. The second-order valence-electron chi connectivity index (χ2n) is 5.75. The van der Waals surface area contributed by atoms with E-state index < -0.39 is 0 Å². The maximum absolute atomic E-state index is 3.53. The van der Waals surface area contributed by atoms with E-state index in [9.17, 15) is 0 Å². The lowest BCUT2D eigenvalue weighted by molar-refractivity contribution is 0.232. The van der Waals surface area contributed by atoms with Crippen LogP contribution in [0.2, 0.25) is 0 Å². The Labute approximate surface area is 127 Å². The van der Waals surface area contributed by atoms with Gasteiger partial charge in [-0.05, 0) is 69.1 Å². The quantitative estimate of drug-likeness (QED) is 0.808. The summed E-state index contributed by atoms with van der Waals surface area (Å²) in [4.78, 5) is 2.23. The molecule has 0 unspecified atom stereocenters. The summed E-state index contributed by atoms with van der Waals surface area (Å²) in [5.74, 6) is 0. The molecule has 0 atom stereocenters. The van der Waals surface area contributed by atoms with Gasteiger partial charge < -0.3 is 10.2 Å². The fourth-order valence-electron chi connectivity index (χ4n) is 2.11. The Hall–Kier alpha value is 0.1000. The Balaban J connectivity index is 2.43. The highest BCUT2D eigenvalue weighted by Crippen LogP contribution is 2.23. The molecule has 0 bridgehead atoms. The van der Waals surface area contributed by atoms with Gasteiger partial charge in [0.15, 0.2) is 0 Å². The minimum absolute atomic E-state index is 0.288. The lowest BCUT2D eigenvalue weighted by Crippen LogP contribution is -2.37. The minimum atomic E-state index is 0.288. The maximum Gasteiger partial charge on any atom is 0.0320 e. The SMILES string of the molecule is CN(C)CC(C)(C)CNCc1ccc(Br)c(Br)c1. The van der Waals surface area contributed by atoms with E-state index in [0.717, 1.165) is 28.6 Å². The summed E-state index contributed by atoms with van der Waals surface area (Å²) in [6.07, 6.45) is 0. The molecule has 4 heteroatoms. The van der Waals surface area contributed by atoms with Crippen molar-refractivity contribution in [2.24, 2.45) is 5.41 Å². The number of benzene rings is 1. The summed E-state index contributed by atoms with van der Waals surface area (Å²) in [6.45, 7) is 7.58. The molecule has 0 aromatic heterocycles. The summed E-state index contributed by atoms with van der Waals surface area (Å²) in [5, 5.41) is 3.53. The normalized spacial score (nSPS) is 12.2. The third-order valence-electron chi connectivity index (χ3n) is 2.66. The Morgan fingerprint density at radius 2 is 1.83 bits per heavy atom. The monoisotopic (exact) mass is 376 g/mol. The van der Waals surface area contributed by atoms with Gasteiger partial charge in [-0.15, -0.1) is 0 Å². The van der Waals surface area contributed by atoms with Crippen molar-refractivity contribution >= 4 is 31.9 Å². The zero-order valence-corrected chi connectivity index (χ0v) is 14.7. The topological polar surface area (TPSA) is 15.3 Å². The third kappa shape index (κ3) is 5.83. The lowest BCUT2D eigenvalue weighted by atomic mass is 9.93. The molecule has 1 aromatic rings. The van der Waals surface area contributed by atoms with Crippen LogP contribution in [0.5, 0.6) is 0 Å². The minimum Gasteiger partial charge on any atom is -0.312 e. The van der Waals surface area contributed by atoms with Gasteiger partial charge in [-0.25, -0.2) is 0 Å². The Morgan fingerprint density at radius 3 is 2.39 bits per heavy atom. The standard InChI is InChI=1S/C14H22Br2N2/c1-14(2,10-18(3)4)9-17-8-11-5-6-12(15)13(16)7-11/h5-7,17H,8-10H2,1-4H3. The van der Waals surface area contributed by atoms with Gasteiger partial charge in [0, 0.05) is 28.6 Å². The van der Waals surface area contributed by atoms with Crippen LogP contribution in [-0.4, -0.2) is 32.1 Å². The Bertz CT molecular complexity index is 389. The van der Waals surface area contributed by atoms with Crippen LogP contribution in [0.15, 0.2) is 27.1 Å². The number of rotatable bonds is 6. The number of nitrogens with zero attached hydrogens (tertiary/aromatic N) is 1. The Morgan fingerprint density at radius 1 is 1.17 bits per heavy atom. The van der Waals surface area contributed by atoms with Gasteiger partial charge in [0.25, 0.3) is 0 Å². The van der Waals surface area contributed by atoms with E-state index in [1.165, 1.54) is 5.56 Å². The lowest BCUT2D eigenvalue weighted by Gasteiger charge is -2.28. The van der Waals surface area contributed by atoms with Crippen LogP contribution in [0.25, 0.3) is 0 Å². The largest absolute Gasteiger partial charge is 0.312 e. The highest BCUT2D eigenvalue weighted by Gasteiger charge is 2.18. The molecule has 0 saturated carbocycles. The molecular formula is C14H22Br2N2. The molecule has 0 heterocycles. The smallest absolute Gasteiger partial charge is 0.0320 e. The molecule has 18 heavy (non-hydrogen) atoms. The first-order valence-corrected chi connectivity index (χ1v) is 7.68. The van der Waals surface area contributed by atoms with Crippen molar-refractivity contribution in [3.05, 3.63) is 32.7 Å². The fourth-order valence-corrected chi connectivity index (χ4v) is 2.78. The van der Waals surface area contributed by atoms with E-state index in [2.05, 4.69) is 88.2 Å². The molecule has 1 N–H and O–H groups in total. The van der Waals surface area contributed by atoms with Crippen LogP contribution < -0.4 is 5.32 Å². The molecule has 0 spiro atoms. The molecule has 0 aliphatic heterocycles. The van der Waals surface area contributed by atoms with Gasteiger partial charge in [-0.1, -0.05) is 19.9 Å². The first-order chi connectivity index (χ1) is 8.30. The molecule has 0 aliphatic carbocycles. The zero-order valence-electron chi connectivity index (χ0n) is 11.6. The molecule has 0 radical (unpaired) electrons. The van der Waals surface area contributed by atoms with Crippen LogP contribution in [0.4, 0.5) is 0 Å². The van der Waals surface area contributed by atoms with Crippen LogP contribution in [-0.2, 0) is 6.54 Å². The zero-order chi connectivity index (χ0) is 13.8. The molecule has 0 saturated heterocycles. The van der Waals surface area contributed by atoms with Gasteiger partial charge in [0.2, 0.25) is 0 Å². The fraction of sp³-hybridized carbons (Fsp3) is 0.571. The molecule has 0 fully saturated rings. The van der Waals surface area contributed by atoms with Crippen LogP contribution in [0.3, 0.4) is 0 Å². The highest BCUT2D eigenvalue weighted by molar-refractivity contribution is 9.13. The summed E-state index contributed by atoms with van der Waals surface area (Å²) < 4.78 is 2.20. The Kier molecular flexibility index (Phi) is 6.31. The number of nitrogens with one attached hydrogen (secondary N) is 1. The average Bonchev–Trinajstić information content (AvgIpc) is 2.21. The van der Waals surface area contributed by atoms with Crippen molar-refractivity contribution in [1.82, 2.24) is 10.2 Å². The number of hydrogen-bond donors (Lipinski definition) is 1. The van der Waals surface area contributed by atoms with E-state index in [-0.39, 0.29) is 5.41 Å². The molecule has 1 rings (SSSR count). The van der Waals surface area contributed by atoms with Crippen LogP contribution in [0.1, 0.15) is 19.4 Å². The predicted octanol–water partition coefficient (Wildman–Crippen LogP) is 3.89. The average molecular weight is 378 g/mol. The maximum atomic E-state index is 3.53. The van der Waals surface area contributed by atoms with Gasteiger partial charge in [-0.3, -0.25) is 0 Å². The van der Waals surface area contributed by atoms with E-state index in [1.807, 2.05) is 0 Å². The van der Waals surface area contributed by atoms with Gasteiger partial charge in [-0.2, -0.15) is 0 Å². The summed E-state index contributed by atoms with van der Waals surface area (Å²) in [7, 11) is 4.24. The molecular weight excluding hydrogens is 356 g/mol. The van der Waals surface area contributed by atoms with E-state index >= 15 is 0 Å². The molecule has 2 nitrogen and oxygen atoms in total. The van der Waals surface area contributed by atoms with Crippen molar-refractivity contribution in [1.29, 1.82) is 0 Å². The summed E-state index contributed by atoms with van der Waals surface area (Å²) >= 11 is 7.01. The molecule has 1 aromatic carbocycles. The van der Waals surface area contributed by atoms with Gasteiger partial charge >= 0.3 is 0 Å². The second kappa shape index (κ2) is 7.04. The molecule has 102 valence electrons. The van der Waals surface area contributed by atoms with Crippen molar-refractivity contribution in [2.45, 2.75) is 20.4 Å².